The maximum atomic E-state index is 10.0. The zero-order chi connectivity index (χ0) is 14.3. The van der Waals surface area contributed by atoms with Crippen LogP contribution in [0.3, 0.4) is 0 Å². The number of nitrogens with zero attached hydrogens (tertiary/aromatic N) is 2. The van der Waals surface area contributed by atoms with Crippen molar-refractivity contribution in [3.05, 3.63) is 45.5 Å². The summed E-state index contributed by atoms with van der Waals surface area (Å²) in [6, 6.07) is 3.16. The van der Waals surface area contributed by atoms with Gasteiger partial charge < -0.3 is 14.8 Å². The van der Waals surface area contributed by atoms with E-state index in [9.17, 15) is 5.11 Å². The third-order valence-electron chi connectivity index (χ3n) is 3.64. The van der Waals surface area contributed by atoms with Crippen molar-refractivity contribution in [3.8, 4) is 5.75 Å². The van der Waals surface area contributed by atoms with E-state index in [-0.39, 0.29) is 18.3 Å². The minimum Gasteiger partial charge on any atom is -0.508 e. The van der Waals surface area contributed by atoms with Gasteiger partial charge in [-0.3, -0.25) is 0 Å². The van der Waals surface area contributed by atoms with Gasteiger partial charge in [-0.15, -0.1) is 0 Å². The van der Waals surface area contributed by atoms with E-state index < -0.39 is 0 Å². The molecule has 1 aliphatic rings. The fraction of sp³-hybridized carbons (Fsp3) is 0.357. The number of hydrogen-bond donors (Lipinski definition) is 2. The fourth-order valence-corrected chi connectivity index (χ4v) is 3.21. The number of aliphatic hydroxyl groups excluding tert-OH is 1. The van der Waals surface area contributed by atoms with Gasteiger partial charge >= 0.3 is 0 Å². The number of rotatable bonds is 3. The second-order valence-corrected chi connectivity index (χ2v) is 5.75. The number of imidazole rings is 1. The van der Waals surface area contributed by atoms with Crippen molar-refractivity contribution in [3.63, 3.8) is 0 Å². The molecule has 4 nitrogen and oxygen atoms in total. The Balaban J connectivity index is 1.89. The highest BCUT2D eigenvalue weighted by Crippen LogP contribution is 2.41. The molecule has 20 heavy (non-hydrogen) atoms. The summed E-state index contributed by atoms with van der Waals surface area (Å²) in [6.45, 7) is 0.808. The number of halogens is 2. The molecule has 106 valence electrons. The number of aliphatic hydroxyl groups is 1. The van der Waals surface area contributed by atoms with Gasteiger partial charge in [0.2, 0.25) is 0 Å². The number of fused-ring (bicyclic) bond motifs is 1. The average Bonchev–Trinajstić information content (AvgIpc) is 2.93. The number of aromatic hydroxyl groups is 1. The lowest BCUT2D eigenvalue weighted by Crippen LogP contribution is -2.03. The van der Waals surface area contributed by atoms with E-state index in [2.05, 4.69) is 4.98 Å². The lowest BCUT2D eigenvalue weighted by Gasteiger charge is -2.14. The summed E-state index contributed by atoms with van der Waals surface area (Å²) in [7, 11) is 0. The van der Waals surface area contributed by atoms with Crippen molar-refractivity contribution >= 4 is 23.2 Å². The Kier molecular flexibility index (Phi) is 3.63. The van der Waals surface area contributed by atoms with E-state index in [1.165, 1.54) is 0 Å². The molecule has 6 heteroatoms. The summed E-state index contributed by atoms with van der Waals surface area (Å²) >= 11 is 12.2. The summed E-state index contributed by atoms with van der Waals surface area (Å²) in [4.78, 5) is 4.48. The minimum atomic E-state index is 0.0758. The number of hydrogen-bond acceptors (Lipinski definition) is 3. The average molecular weight is 313 g/mol. The Morgan fingerprint density at radius 1 is 1.35 bits per heavy atom. The van der Waals surface area contributed by atoms with Crippen LogP contribution in [0.25, 0.3) is 0 Å². The zero-order valence-corrected chi connectivity index (χ0v) is 12.2. The van der Waals surface area contributed by atoms with Crippen molar-refractivity contribution in [1.29, 1.82) is 0 Å². The molecule has 2 aromatic rings. The van der Waals surface area contributed by atoms with Gasteiger partial charge in [0.15, 0.2) is 0 Å². The van der Waals surface area contributed by atoms with Crippen molar-refractivity contribution in [1.82, 2.24) is 9.55 Å². The molecule has 0 aliphatic carbocycles. The second-order valence-electron chi connectivity index (χ2n) is 4.97. The molecule has 0 radical (unpaired) electrons. The highest BCUT2D eigenvalue weighted by molar-refractivity contribution is 6.42. The monoisotopic (exact) mass is 312 g/mol. The van der Waals surface area contributed by atoms with Crippen LogP contribution in [0.1, 0.15) is 23.0 Å². The minimum absolute atomic E-state index is 0.0758. The van der Waals surface area contributed by atoms with Gasteiger partial charge in [0.05, 0.1) is 15.7 Å². The van der Waals surface area contributed by atoms with Crippen molar-refractivity contribution < 1.29 is 10.2 Å². The Morgan fingerprint density at radius 3 is 2.85 bits per heavy atom. The summed E-state index contributed by atoms with van der Waals surface area (Å²) in [5, 5.41) is 19.8. The van der Waals surface area contributed by atoms with Gasteiger partial charge in [0.25, 0.3) is 0 Å². The third kappa shape index (κ3) is 2.28. The van der Waals surface area contributed by atoms with Crippen LogP contribution >= 0.6 is 23.2 Å². The van der Waals surface area contributed by atoms with Gasteiger partial charge in [0, 0.05) is 43.7 Å². The van der Waals surface area contributed by atoms with Crippen LogP contribution in [0.5, 0.6) is 5.75 Å². The molecular formula is C14H14Cl2N2O2. The first kappa shape index (κ1) is 13.7. The molecule has 0 unspecified atom stereocenters. The van der Waals surface area contributed by atoms with E-state index in [1.54, 1.807) is 12.1 Å². The Morgan fingerprint density at radius 2 is 2.15 bits per heavy atom. The second kappa shape index (κ2) is 5.28. The highest BCUT2D eigenvalue weighted by Gasteiger charge is 2.29. The number of phenolic OH excluding ortho intramolecular Hbond substituents is 1. The Hall–Kier alpha value is -1.23. The van der Waals surface area contributed by atoms with Gasteiger partial charge in [-0.1, -0.05) is 23.2 Å². The molecule has 1 aromatic carbocycles. The van der Waals surface area contributed by atoms with Crippen LogP contribution in [0.2, 0.25) is 10.0 Å². The summed E-state index contributed by atoms with van der Waals surface area (Å²) in [5.74, 6) is 1.20. The van der Waals surface area contributed by atoms with Crippen LogP contribution in [0.15, 0.2) is 18.3 Å². The van der Waals surface area contributed by atoms with E-state index in [1.807, 2.05) is 10.8 Å². The summed E-state index contributed by atoms with van der Waals surface area (Å²) < 4.78 is 2.05. The van der Waals surface area contributed by atoms with Gasteiger partial charge in [0.1, 0.15) is 11.6 Å². The predicted octanol–water partition coefficient (Wildman–Crippen LogP) is 2.77. The Bertz CT molecular complexity index is 631. The number of phenols is 1. The molecule has 0 saturated carbocycles. The molecule has 3 rings (SSSR count). The zero-order valence-electron chi connectivity index (χ0n) is 10.7. The summed E-state index contributed by atoms with van der Waals surface area (Å²) in [5.41, 5.74) is 1.58. The topological polar surface area (TPSA) is 58.3 Å². The van der Waals surface area contributed by atoms with Crippen molar-refractivity contribution in [2.24, 2.45) is 0 Å². The van der Waals surface area contributed by atoms with E-state index in [0.717, 1.165) is 11.5 Å². The number of benzene rings is 1. The van der Waals surface area contributed by atoms with Crippen LogP contribution in [-0.2, 0) is 19.4 Å². The lowest BCUT2D eigenvalue weighted by molar-refractivity contribution is 0.298. The molecule has 2 heterocycles. The van der Waals surface area contributed by atoms with Crippen molar-refractivity contribution in [2.45, 2.75) is 25.3 Å². The Labute approximate surface area is 126 Å². The smallest absolute Gasteiger partial charge is 0.120 e. The molecule has 0 amide bonds. The molecule has 1 atom stereocenters. The van der Waals surface area contributed by atoms with E-state index >= 15 is 0 Å². The predicted molar refractivity (Wildman–Crippen MR) is 77.6 cm³/mol. The number of aromatic nitrogens is 2. The van der Waals surface area contributed by atoms with E-state index in [0.29, 0.717) is 35.0 Å². The summed E-state index contributed by atoms with van der Waals surface area (Å²) in [6.07, 6.45) is 3.22. The maximum absolute atomic E-state index is 10.0. The lowest BCUT2D eigenvalue weighted by atomic mass is 9.96. The molecule has 1 aliphatic heterocycles. The van der Waals surface area contributed by atoms with Gasteiger partial charge in [-0.25, -0.2) is 4.98 Å². The van der Waals surface area contributed by atoms with E-state index in [4.69, 9.17) is 28.3 Å². The largest absolute Gasteiger partial charge is 0.508 e. The fourth-order valence-electron chi connectivity index (χ4n) is 2.73. The quantitative estimate of drug-likeness (QED) is 0.916. The standard InChI is InChI=1S/C14H14Cl2N2O2/c15-10-1-2-11(20)13(14(10)16)8-5-12-17-9(3-4-19)7-18(12)6-8/h1-2,7-8,19-20H,3-6H2/t8-/m1/s1. The van der Waals surface area contributed by atoms with Crippen LogP contribution in [0, 0.1) is 0 Å². The molecule has 0 bridgehead atoms. The molecular weight excluding hydrogens is 299 g/mol. The first-order valence-corrected chi connectivity index (χ1v) is 7.18. The maximum Gasteiger partial charge on any atom is 0.120 e. The van der Waals surface area contributed by atoms with Gasteiger partial charge in [-0.05, 0) is 12.1 Å². The first-order valence-electron chi connectivity index (χ1n) is 6.42. The normalized spacial score (nSPS) is 17.4. The van der Waals surface area contributed by atoms with Crippen LogP contribution < -0.4 is 0 Å². The molecule has 0 fully saturated rings. The third-order valence-corrected chi connectivity index (χ3v) is 4.46. The molecule has 1 aromatic heterocycles. The molecule has 2 N–H and O–H groups in total. The van der Waals surface area contributed by atoms with Crippen LogP contribution in [0.4, 0.5) is 0 Å². The molecule has 0 saturated heterocycles. The van der Waals surface area contributed by atoms with Crippen LogP contribution in [-0.4, -0.2) is 26.4 Å². The van der Waals surface area contributed by atoms with Gasteiger partial charge in [-0.2, -0.15) is 0 Å². The SMILES string of the molecule is OCCc1cn2c(n1)C[C@@H](c1c(O)ccc(Cl)c1Cl)C2. The molecule has 0 spiro atoms. The van der Waals surface area contributed by atoms with Crippen molar-refractivity contribution in [2.75, 3.05) is 6.61 Å². The highest BCUT2D eigenvalue weighted by atomic mass is 35.5. The first-order chi connectivity index (χ1) is 9.60.